The van der Waals surface area contributed by atoms with Gasteiger partial charge in [0.25, 0.3) is 0 Å². The molecule has 1 heterocycles. The Balaban J connectivity index is 2.06. The lowest BCUT2D eigenvalue weighted by molar-refractivity contribution is 0.162. The van der Waals surface area contributed by atoms with E-state index in [2.05, 4.69) is 10.2 Å². The van der Waals surface area contributed by atoms with E-state index in [4.69, 9.17) is 0 Å². The van der Waals surface area contributed by atoms with Crippen LogP contribution in [0.2, 0.25) is 0 Å². The van der Waals surface area contributed by atoms with Crippen LogP contribution in [0.1, 0.15) is 13.0 Å². The normalized spacial score (nSPS) is 24.0. The van der Waals surface area contributed by atoms with Gasteiger partial charge in [0.2, 0.25) is 0 Å². The molecule has 17 heavy (non-hydrogen) atoms. The largest absolute Gasteiger partial charge is 0.386 e. The highest BCUT2D eigenvalue weighted by atomic mass is 16.3. The molecule has 1 aromatic heterocycles. The van der Waals surface area contributed by atoms with E-state index in [0.717, 1.165) is 16.6 Å². The summed E-state index contributed by atoms with van der Waals surface area (Å²) in [5.74, 6) is 0. The minimum Gasteiger partial charge on any atom is -0.386 e. The molecule has 3 rings (SSSR count). The molecule has 0 spiro atoms. The van der Waals surface area contributed by atoms with E-state index >= 15 is 0 Å². The van der Waals surface area contributed by atoms with Gasteiger partial charge in [-0.3, -0.25) is 0 Å². The van der Waals surface area contributed by atoms with Gasteiger partial charge in [-0.05, 0) is 19.1 Å². The summed E-state index contributed by atoms with van der Waals surface area (Å²) in [5, 5.41) is 18.7. The first-order chi connectivity index (χ1) is 8.24. The van der Waals surface area contributed by atoms with E-state index in [1.54, 1.807) is 10.9 Å². The molecule has 1 N–H and O–H groups in total. The number of fused-ring (bicyclic) bond motifs is 1. The molecule has 2 unspecified atom stereocenters. The van der Waals surface area contributed by atoms with Crippen LogP contribution >= 0.6 is 0 Å². The lowest BCUT2D eigenvalue weighted by Crippen LogP contribution is -2.24. The van der Waals surface area contributed by atoms with Crippen molar-refractivity contribution in [1.82, 2.24) is 15.0 Å². The summed E-state index contributed by atoms with van der Waals surface area (Å²) in [6.45, 7) is 2.00. The van der Waals surface area contributed by atoms with Crippen molar-refractivity contribution in [2.45, 2.75) is 19.1 Å². The van der Waals surface area contributed by atoms with E-state index in [9.17, 15) is 5.11 Å². The lowest BCUT2D eigenvalue weighted by atomic mass is 10.0. The Kier molecular flexibility index (Phi) is 2.30. The Morgan fingerprint density at radius 3 is 2.47 bits per heavy atom. The second-order valence-corrected chi connectivity index (χ2v) is 4.26. The summed E-state index contributed by atoms with van der Waals surface area (Å²) >= 11 is 0. The van der Waals surface area contributed by atoms with E-state index in [-0.39, 0.29) is 6.04 Å². The van der Waals surface area contributed by atoms with Crippen molar-refractivity contribution in [3.8, 4) is 0 Å². The second kappa shape index (κ2) is 3.82. The van der Waals surface area contributed by atoms with Gasteiger partial charge in [0.15, 0.2) is 0 Å². The lowest BCUT2D eigenvalue weighted by Gasteiger charge is -2.19. The summed E-state index contributed by atoms with van der Waals surface area (Å²) in [6.07, 6.45) is 5.09. The molecular weight excluding hydrogens is 214 g/mol. The van der Waals surface area contributed by atoms with E-state index in [1.807, 2.05) is 43.3 Å². The van der Waals surface area contributed by atoms with Crippen molar-refractivity contribution >= 4 is 11.0 Å². The number of aromatic nitrogens is 3. The molecule has 0 saturated carbocycles. The third-order valence-corrected chi connectivity index (χ3v) is 2.91. The molecule has 0 saturated heterocycles. The SMILES string of the molecule is CC1=CC(n2nc3ccccc3n2)C(O)C=C1. The highest BCUT2D eigenvalue weighted by Gasteiger charge is 2.21. The van der Waals surface area contributed by atoms with Gasteiger partial charge in [-0.1, -0.05) is 35.9 Å². The van der Waals surface area contributed by atoms with Gasteiger partial charge in [-0.15, -0.1) is 0 Å². The van der Waals surface area contributed by atoms with Gasteiger partial charge in [-0.2, -0.15) is 15.0 Å². The Bertz CT molecular complexity index is 579. The summed E-state index contributed by atoms with van der Waals surface area (Å²) in [4.78, 5) is 1.59. The average molecular weight is 227 g/mol. The molecule has 0 fully saturated rings. The molecule has 0 radical (unpaired) electrons. The molecular formula is C13H13N3O. The zero-order valence-corrected chi connectivity index (χ0v) is 9.49. The highest BCUT2D eigenvalue weighted by molar-refractivity contribution is 5.73. The van der Waals surface area contributed by atoms with Crippen molar-refractivity contribution in [2.75, 3.05) is 0 Å². The van der Waals surface area contributed by atoms with Crippen molar-refractivity contribution in [1.29, 1.82) is 0 Å². The van der Waals surface area contributed by atoms with Crippen LogP contribution in [-0.2, 0) is 0 Å². The quantitative estimate of drug-likeness (QED) is 0.808. The van der Waals surface area contributed by atoms with Gasteiger partial charge in [0.05, 0.1) is 0 Å². The monoisotopic (exact) mass is 227 g/mol. The molecule has 2 atom stereocenters. The van der Waals surface area contributed by atoms with Gasteiger partial charge in [0, 0.05) is 0 Å². The van der Waals surface area contributed by atoms with Crippen LogP contribution in [-0.4, -0.2) is 26.2 Å². The molecule has 4 nitrogen and oxygen atoms in total. The van der Waals surface area contributed by atoms with Gasteiger partial charge < -0.3 is 5.11 Å². The Hall–Kier alpha value is -1.94. The molecule has 1 aromatic carbocycles. The summed E-state index contributed by atoms with van der Waals surface area (Å²) < 4.78 is 0. The van der Waals surface area contributed by atoms with Crippen LogP contribution in [0, 0.1) is 0 Å². The Morgan fingerprint density at radius 2 is 1.82 bits per heavy atom. The number of rotatable bonds is 1. The van der Waals surface area contributed by atoms with E-state index < -0.39 is 6.10 Å². The molecule has 86 valence electrons. The molecule has 0 aliphatic heterocycles. The standard InChI is InChI=1S/C13H13N3O/c1-9-6-7-13(17)12(8-9)16-14-10-4-2-3-5-11(10)15-16/h2-8,12-13,17H,1H3. The second-order valence-electron chi connectivity index (χ2n) is 4.26. The minimum atomic E-state index is -0.569. The number of hydrogen-bond donors (Lipinski definition) is 1. The summed E-state index contributed by atoms with van der Waals surface area (Å²) in [7, 11) is 0. The molecule has 1 aliphatic rings. The summed E-state index contributed by atoms with van der Waals surface area (Å²) in [6, 6.07) is 7.48. The third kappa shape index (κ3) is 1.76. The maximum atomic E-state index is 9.93. The maximum absolute atomic E-state index is 9.93. The van der Waals surface area contributed by atoms with Gasteiger partial charge in [0.1, 0.15) is 23.2 Å². The number of nitrogens with zero attached hydrogens (tertiary/aromatic N) is 3. The zero-order valence-electron chi connectivity index (χ0n) is 9.49. The van der Waals surface area contributed by atoms with Crippen LogP contribution < -0.4 is 0 Å². The van der Waals surface area contributed by atoms with Crippen molar-refractivity contribution in [3.63, 3.8) is 0 Å². The minimum absolute atomic E-state index is 0.215. The zero-order chi connectivity index (χ0) is 11.8. The van der Waals surface area contributed by atoms with Gasteiger partial charge >= 0.3 is 0 Å². The first-order valence-electron chi connectivity index (χ1n) is 5.60. The van der Waals surface area contributed by atoms with Crippen molar-refractivity contribution in [3.05, 3.63) is 48.1 Å². The fourth-order valence-corrected chi connectivity index (χ4v) is 2.00. The fraction of sp³-hybridized carbons (Fsp3) is 0.231. The topological polar surface area (TPSA) is 50.9 Å². The van der Waals surface area contributed by atoms with Crippen molar-refractivity contribution in [2.24, 2.45) is 0 Å². The number of hydrogen-bond acceptors (Lipinski definition) is 3. The smallest absolute Gasteiger partial charge is 0.120 e. The number of aliphatic hydroxyl groups excluding tert-OH is 1. The molecule has 4 heteroatoms. The molecule has 0 amide bonds. The maximum Gasteiger partial charge on any atom is 0.120 e. The molecule has 2 aromatic rings. The van der Waals surface area contributed by atoms with Crippen LogP contribution in [0.5, 0.6) is 0 Å². The van der Waals surface area contributed by atoms with Gasteiger partial charge in [-0.25, -0.2) is 0 Å². The number of allylic oxidation sites excluding steroid dienone is 2. The molecule has 1 aliphatic carbocycles. The van der Waals surface area contributed by atoms with Crippen LogP contribution in [0.15, 0.2) is 48.1 Å². The van der Waals surface area contributed by atoms with Crippen LogP contribution in [0.3, 0.4) is 0 Å². The third-order valence-electron chi connectivity index (χ3n) is 2.91. The predicted octanol–water partition coefficient (Wildman–Crippen LogP) is 1.85. The van der Waals surface area contributed by atoms with Crippen LogP contribution in [0.25, 0.3) is 11.0 Å². The summed E-state index contributed by atoms with van der Waals surface area (Å²) in [5.41, 5.74) is 2.81. The first-order valence-corrected chi connectivity index (χ1v) is 5.60. The highest BCUT2D eigenvalue weighted by Crippen LogP contribution is 2.22. The predicted molar refractivity (Wildman–Crippen MR) is 65.5 cm³/mol. The van der Waals surface area contributed by atoms with Crippen molar-refractivity contribution < 1.29 is 5.11 Å². The number of aliphatic hydroxyl groups is 1. The van der Waals surface area contributed by atoms with Crippen LogP contribution in [0.4, 0.5) is 0 Å². The number of benzene rings is 1. The van der Waals surface area contributed by atoms with E-state index in [0.29, 0.717) is 0 Å². The fourth-order valence-electron chi connectivity index (χ4n) is 2.00. The first kappa shape index (κ1) is 10.2. The Morgan fingerprint density at radius 1 is 1.18 bits per heavy atom. The molecule has 0 bridgehead atoms. The average Bonchev–Trinajstić information content (AvgIpc) is 2.75. The van der Waals surface area contributed by atoms with E-state index in [1.165, 1.54) is 0 Å². The Labute approximate surface area is 98.9 Å².